The Morgan fingerprint density at radius 1 is 0.926 bits per heavy atom. The van der Waals surface area contributed by atoms with E-state index in [1.54, 1.807) is 12.1 Å². The van der Waals surface area contributed by atoms with Crippen molar-refractivity contribution in [3.05, 3.63) is 58.8 Å². The predicted molar refractivity (Wildman–Crippen MR) is 108 cm³/mol. The first-order valence-electron chi connectivity index (χ1n) is 9.12. The first-order valence-corrected chi connectivity index (χ1v) is 11.0. The summed E-state index contributed by atoms with van der Waals surface area (Å²) >= 11 is 0. The van der Waals surface area contributed by atoms with Gasteiger partial charge in [-0.2, -0.15) is 4.31 Å². The molecule has 0 radical (unpaired) electrons. The Morgan fingerprint density at radius 3 is 2.41 bits per heavy atom. The summed E-state index contributed by atoms with van der Waals surface area (Å²) < 4.78 is 27.1. The van der Waals surface area contributed by atoms with Crippen LogP contribution in [-0.2, 0) is 16.6 Å². The molecule has 0 bridgehead atoms. The molecule has 7 heteroatoms. The third kappa shape index (κ3) is 3.63. The summed E-state index contributed by atoms with van der Waals surface area (Å²) in [6.07, 6.45) is 1.27. The van der Waals surface area contributed by atoms with E-state index in [0.29, 0.717) is 13.1 Å². The molecular weight excluding hydrogens is 362 g/mol. The van der Waals surface area contributed by atoms with Crippen molar-refractivity contribution >= 4 is 20.9 Å². The van der Waals surface area contributed by atoms with Gasteiger partial charge in [-0.1, -0.05) is 24.3 Å². The van der Waals surface area contributed by atoms with E-state index in [9.17, 15) is 13.2 Å². The Kier molecular flexibility index (Phi) is 4.75. The Labute approximate surface area is 159 Å². The largest absolute Gasteiger partial charge is 0.339 e. The van der Waals surface area contributed by atoms with Crippen molar-refractivity contribution in [3.8, 4) is 11.3 Å². The molecule has 1 aromatic carbocycles. The fraction of sp³-hybridized carbons (Fsp3) is 0.350. The number of para-hydroxylation sites is 1. The zero-order valence-electron chi connectivity index (χ0n) is 15.3. The predicted octanol–water partition coefficient (Wildman–Crippen LogP) is 1.68. The normalized spacial score (nSPS) is 16.9. The highest BCUT2D eigenvalue weighted by atomic mass is 32.2. The molecule has 1 saturated heterocycles. The van der Waals surface area contributed by atoms with Crippen molar-refractivity contribution in [1.82, 2.24) is 13.8 Å². The minimum Gasteiger partial charge on any atom is -0.339 e. The number of rotatable bonds is 4. The van der Waals surface area contributed by atoms with Gasteiger partial charge in [0.2, 0.25) is 10.0 Å². The van der Waals surface area contributed by atoms with Crippen molar-refractivity contribution in [1.29, 1.82) is 0 Å². The SMILES string of the molecule is CS(=O)(=O)N1CCN(CCn2c3cccc(=O)c-3cc3ccccc32)CC1. The molecule has 1 aromatic rings. The molecule has 1 aliphatic carbocycles. The highest BCUT2D eigenvalue weighted by Crippen LogP contribution is 2.26. The molecule has 1 fully saturated rings. The highest BCUT2D eigenvalue weighted by Gasteiger charge is 2.23. The maximum atomic E-state index is 12.3. The van der Waals surface area contributed by atoms with Gasteiger partial charge in [-0.05, 0) is 29.7 Å². The van der Waals surface area contributed by atoms with Crippen LogP contribution < -0.4 is 5.43 Å². The fourth-order valence-electron chi connectivity index (χ4n) is 3.82. The lowest BCUT2D eigenvalue weighted by Crippen LogP contribution is -2.48. The number of benzene rings is 2. The first-order chi connectivity index (χ1) is 12.9. The van der Waals surface area contributed by atoms with E-state index in [1.807, 2.05) is 30.3 Å². The summed E-state index contributed by atoms with van der Waals surface area (Å²) in [4.78, 5) is 14.6. The van der Waals surface area contributed by atoms with E-state index < -0.39 is 10.0 Å². The third-order valence-corrected chi connectivity index (χ3v) is 6.60. The average Bonchev–Trinajstić information content (AvgIpc) is 2.65. The number of nitrogens with zero attached hydrogens (tertiary/aromatic N) is 3. The second-order valence-corrected chi connectivity index (χ2v) is 9.03. The van der Waals surface area contributed by atoms with Crippen molar-refractivity contribution < 1.29 is 8.42 Å². The second-order valence-electron chi connectivity index (χ2n) is 7.05. The summed E-state index contributed by atoms with van der Waals surface area (Å²) in [7, 11) is -3.11. The Morgan fingerprint density at radius 2 is 1.67 bits per heavy atom. The van der Waals surface area contributed by atoms with E-state index in [1.165, 1.54) is 10.6 Å². The molecule has 2 aliphatic heterocycles. The van der Waals surface area contributed by atoms with Crippen molar-refractivity contribution in [2.24, 2.45) is 0 Å². The molecule has 0 saturated carbocycles. The second kappa shape index (κ2) is 7.07. The van der Waals surface area contributed by atoms with Crippen LogP contribution in [0.15, 0.2) is 53.3 Å². The minimum atomic E-state index is -3.11. The van der Waals surface area contributed by atoms with Crippen LogP contribution in [0.4, 0.5) is 0 Å². The van der Waals surface area contributed by atoms with Crippen molar-refractivity contribution in [3.63, 3.8) is 0 Å². The maximum Gasteiger partial charge on any atom is 0.211 e. The van der Waals surface area contributed by atoms with Crippen LogP contribution in [0.2, 0.25) is 0 Å². The Bertz CT molecular complexity index is 1100. The monoisotopic (exact) mass is 385 g/mol. The molecule has 0 atom stereocenters. The number of aromatic nitrogens is 1. The van der Waals surface area contributed by atoms with Gasteiger partial charge in [0.05, 0.1) is 11.9 Å². The Hall–Kier alpha value is -2.22. The molecule has 0 aromatic heterocycles. The third-order valence-electron chi connectivity index (χ3n) is 5.30. The molecule has 27 heavy (non-hydrogen) atoms. The van der Waals surface area contributed by atoms with Gasteiger partial charge in [0.15, 0.2) is 5.43 Å². The average molecular weight is 385 g/mol. The molecule has 2 heterocycles. The van der Waals surface area contributed by atoms with E-state index >= 15 is 0 Å². The number of hydrogen-bond donors (Lipinski definition) is 0. The molecule has 6 nitrogen and oxygen atoms in total. The van der Waals surface area contributed by atoms with Gasteiger partial charge in [0, 0.05) is 50.3 Å². The number of sulfonamides is 1. The van der Waals surface area contributed by atoms with Gasteiger partial charge in [-0.3, -0.25) is 9.69 Å². The van der Waals surface area contributed by atoms with Gasteiger partial charge in [0.1, 0.15) is 0 Å². The van der Waals surface area contributed by atoms with Gasteiger partial charge in [-0.15, -0.1) is 0 Å². The lowest BCUT2D eigenvalue weighted by molar-refractivity contribution is 0.184. The summed E-state index contributed by atoms with van der Waals surface area (Å²) in [5.74, 6) is 0. The summed E-state index contributed by atoms with van der Waals surface area (Å²) in [5, 5.41) is 1.05. The van der Waals surface area contributed by atoms with Gasteiger partial charge < -0.3 is 4.57 Å². The highest BCUT2D eigenvalue weighted by molar-refractivity contribution is 7.88. The summed E-state index contributed by atoms with van der Waals surface area (Å²) in [5.41, 5.74) is 2.81. The van der Waals surface area contributed by atoms with Crippen LogP contribution in [0.25, 0.3) is 22.2 Å². The number of fused-ring (bicyclic) bond motifs is 2. The molecule has 0 spiro atoms. The quantitative estimate of drug-likeness (QED) is 0.641. The van der Waals surface area contributed by atoms with Crippen LogP contribution in [0.1, 0.15) is 0 Å². The van der Waals surface area contributed by atoms with Crippen LogP contribution >= 0.6 is 0 Å². The number of pyridine rings is 1. The van der Waals surface area contributed by atoms with E-state index in [4.69, 9.17) is 0 Å². The van der Waals surface area contributed by atoms with Crippen LogP contribution in [0.5, 0.6) is 0 Å². The van der Waals surface area contributed by atoms with Gasteiger partial charge >= 0.3 is 0 Å². The fourth-order valence-corrected chi connectivity index (χ4v) is 4.65. The molecule has 0 unspecified atom stereocenters. The van der Waals surface area contributed by atoms with E-state index in [0.717, 1.165) is 48.3 Å². The molecule has 4 rings (SSSR count). The van der Waals surface area contributed by atoms with E-state index in [2.05, 4.69) is 15.5 Å². The first kappa shape index (κ1) is 18.2. The Balaban J connectivity index is 1.60. The standard InChI is InChI=1S/C20H23N3O3S/c1-27(25,26)22-12-9-21(10-13-22)11-14-23-18-6-3-2-5-16(18)15-17-19(23)7-4-8-20(17)24/h2-8,15H,9-14H2,1H3. The summed E-state index contributed by atoms with van der Waals surface area (Å²) in [6.45, 7) is 4.08. The minimum absolute atomic E-state index is 0.0359. The zero-order valence-corrected chi connectivity index (χ0v) is 16.2. The van der Waals surface area contributed by atoms with Crippen LogP contribution in [0.3, 0.4) is 0 Å². The van der Waals surface area contributed by atoms with Crippen LogP contribution in [-0.4, -0.2) is 61.2 Å². The van der Waals surface area contributed by atoms with Crippen molar-refractivity contribution in [2.45, 2.75) is 6.54 Å². The molecular formula is C20H23N3O3S. The topological polar surface area (TPSA) is 62.6 Å². The number of hydrogen-bond acceptors (Lipinski definition) is 4. The maximum absolute atomic E-state index is 12.3. The zero-order chi connectivity index (χ0) is 19.0. The number of piperazine rings is 1. The lowest BCUT2D eigenvalue weighted by Gasteiger charge is -2.33. The smallest absolute Gasteiger partial charge is 0.211 e. The van der Waals surface area contributed by atoms with Crippen molar-refractivity contribution in [2.75, 3.05) is 39.0 Å². The van der Waals surface area contributed by atoms with Crippen LogP contribution in [0, 0.1) is 0 Å². The molecule has 0 N–H and O–H groups in total. The summed E-state index contributed by atoms with van der Waals surface area (Å²) in [6, 6.07) is 15.5. The van der Waals surface area contributed by atoms with Gasteiger partial charge in [0.25, 0.3) is 0 Å². The molecule has 3 aliphatic rings. The lowest BCUT2D eigenvalue weighted by atomic mass is 10.0. The van der Waals surface area contributed by atoms with Gasteiger partial charge in [-0.25, -0.2) is 8.42 Å². The molecule has 142 valence electrons. The molecule has 0 amide bonds. The van der Waals surface area contributed by atoms with E-state index in [-0.39, 0.29) is 5.43 Å².